The highest BCUT2D eigenvalue weighted by atomic mass is 16.3. The van der Waals surface area contributed by atoms with Gasteiger partial charge in [-0.1, -0.05) is 17.7 Å². The molecule has 0 saturated carbocycles. The van der Waals surface area contributed by atoms with Crippen LogP contribution in [0.1, 0.15) is 5.56 Å². The van der Waals surface area contributed by atoms with E-state index in [-0.39, 0.29) is 5.75 Å². The summed E-state index contributed by atoms with van der Waals surface area (Å²) >= 11 is 0. The minimum atomic E-state index is 0.141. The molecule has 0 atom stereocenters. The van der Waals surface area contributed by atoms with E-state index in [0.29, 0.717) is 22.6 Å². The van der Waals surface area contributed by atoms with Gasteiger partial charge in [0.05, 0.1) is 17.1 Å². The topological polar surface area (TPSA) is 70.7 Å². The summed E-state index contributed by atoms with van der Waals surface area (Å²) in [4.78, 5) is 8.80. The molecule has 0 aliphatic rings. The molecule has 0 saturated heterocycles. The van der Waals surface area contributed by atoms with E-state index in [1.54, 1.807) is 24.4 Å². The molecule has 26 heavy (non-hydrogen) atoms. The number of aromatic hydroxyl groups is 1. The number of benzene rings is 2. The van der Waals surface area contributed by atoms with Crippen molar-refractivity contribution in [3.63, 3.8) is 0 Å². The maximum absolute atomic E-state index is 10.2. The summed E-state index contributed by atoms with van der Waals surface area (Å²) in [5.41, 5.74) is 4.46. The molecule has 0 amide bonds. The van der Waals surface area contributed by atoms with Crippen molar-refractivity contribution in [2.24, 2.45) is 10.2 Å². The van der Waals surface area contributed by atoms with Crippen molar-refractivity contribution in [1.82, 2.24) is 9.97 Å². The van der Waals surface area contributed by atoms with Crippen LogP contribution in [-0.2, 0) is 0 Å². The van der Waals surface area contributed by atoms with Crippen LogP contribution in [0.3, 0.4) is 0 Å². The van der Waals surface area contributed by atoms with Gasteiger partial charge in [0.15, 0.2) is 5.65 Å². The summed E-state index contributed by atoms with van der Waals surface area (Å²) in [7, 11) is 0. The Morgan fingerprint density at radius 1 is 0.846 bits per heavy atom. The molecular formula is C21H16N4O. The first-order valence-electron chi connectivity index (χ1n) is 8.23. The number of fused-ring (bicyclic) bond motifs is 1. The van der Waals surface area contributed by atoms with Crippen LogP contribution >= 0.6 is 0 Å². The molecule has 0 spiro atoms. The van der Waals surface area contributed by atoms with Crippen molar-refractivity contribution in [3.05, 3.63) is 78.5 Å². The number of pyridine rings is 2. The summed E-state index contributed by atoms with van der Waals surface area (Å²) in [6.45, 7) is 2.03. The van der Waals surface area contributed by atoms with Crippen molar-refractivity contribution in [2.45, 2.75) is 6.92 Å². The zero-order chi connectivity index (χ0) is 17.9. The van der Waals surface area contributed by atoms with Gasteiger partial charge < -0.3 is 5.11 Å². The van der Waals surface area contributed by atoms with Gasteiger partial charge in [-0.05, 0) is 61.5 Å². The van der Waals surface area contributed by atoms with E-state index in [0.717, 1.165) is 11.1 Å². The van der Waals surface area contributed by atoms with Gasteiger partial charge in [0.25, 0.3) is 0 Å². The van der Waals surface area contributed by atoms with E-state index in [1.807, 2.05) is 55.5 Å². The number of phenols is 1. The molecule has 0 aliphatic heterocycles. The van der Waals surface area contributed by atoms with Crippen molar-refractivity contribution >= 4 is 22.4 Å². The summed E-state index contributed by atoms with van der Waals surface area (Å²) < 4.78 is 0. The zero-order valence-corrected chi connectivity index (χ0v) is 14.2. The molecule has 5 heteroatoms. The number of phenolic OH excluding ortho intramolecular Hbond substituents is 1. The van der Waals surface area contributed by atoms with E-state index in [9.17, 15) is 5.11 Å². The SMILES string of the molecule is Cc1ccc(N=Nc2ccc(O)c(-c3ccc4cccnc4n3)c2)cc1. The predicted molar refractivity (Wildman–Crippen MR) is 102 cm³/mol. The van der Waals surface area contributed by atoms with E-state index < -0.39 is 0 Å². The number of nitrogens with zero attached hydrogens (tertiary/aromatic N) is 4. The van der Waals surface area contributed by atoms with Crippen molar-refractivity contribution in [3.8, 4) is 17.0 Å². The van der Waals surface area contributed by atoms with Crippen LogP contribution in [0.15, 0.2) is 83.2 Å². The van der Waals surface area contributed by atoms with Crippen LogP contribution < -0.4 is 0 Å². The zero-order valence-electron chi connectivity index (χ0n) is 14.2. The van der Waals surface area contributed by atoms with E-state index in [2.05, 4.69) is 20.2 Å². The fourth-order valence-electron chi connectivity index (χ4n) is 2.62. The molecule has 0 bridgehead atoms. The van der Waals surface area contributed by atoms with Crippen molar-refractivity contribution in [2.75, 3.05) is 0 Å². The Bertz CT molecular complexity index is 1100. The molecule has 126 valence electrons. The van der Waals surface area contributed by atoms with Crippen LogP contribution in [-0.4, -0.2) is 15.1 Å². The normalized spacial score (nSPS) is 11.3. The molecule has 2 aromatic carbocycles. The Morgan fingerprint density at radius 3 is 2.46 bits per heavy atom. The monoisotopic (exact) mass is 340 g/mol. The van der Waals surface area contributed by atoms with Gasteiger partial charge in [0.2, 0.25) is 0 Å². The lowest BCUT2D eigenvalue weighted by atomic mass is 10.1. The maximum Gasteiger partial charge on any atom is 0.159 e. The quantitative estimate of drug-likeness (QED) is 0.484. The van der Waals surface area contributed by atoms with E-state index >= 15 is 0 Å². The van der Waals surface area contributed by atoms with Gasteiger partial charge in [-0.25, -0.2) is 9.97 Å². The van der Waals surface area contributed by atoms with Gasteiger partial charge in [-0.15, -0.1) is 0 Å². The van der Waals surface area contributed by atoms with Gasteiger partial charge in [-0.3, -0.25) is 0 Å². The van der Waals surface area contributed by atoms with Gasteiger partial charge in [0, 0.05) is 17.1 Å². The van der Waals surface area contributed by atoms with Crippen LogP contribution in [0.25, 0.3) is 22.3 Å². The molecule has 4 rings (SSSR count). The standard InChI is InChI=1S/C21H16N4O/c1-14-4-7-16(8-5-14)24-25-17-9-11-20(26)18(13-17)19-10-6-15-3-2-12-22-21(15)23-19/h2-13,26H,1H3. The molecule has 2 aromatic heterocycles. The van der Waals surface area contributed by atoms with Crippen molar-refractivity contribution in [1.29, 1.82) is 0 Å². The van der Waals surface area contributed by atoms with Gasteiger partial charge in [0.1, 0.15) is 5.75 Å². The first-order valence-corrected chi connectivity index (χ1v) is 8.23. The lowest BCUT2D eigenvalue weighted by Gasteiger charge is -2.06. The summed E-state index contributed by atoms with van der Waals surface area (Å²) in [6.07, 6.45) is 1.70. The smallest absolute Gasteiger partial charge is 0.159 e. The number of aryl methyl sites for hydroxylation is 1. The Labute approximate surface area is 150 Å². The average Bonchev–Trinajstić information content (AvgIpc) is 2.68. The second-order valence-corrected chi connectivity index (χ2v) is 5.98. The highest BCUT2D eigenvalue weighted by Gasteiger charge is 2.08. The molecule has 5 nitrogen and oxygen atoms in total. The first-order chi connectivity index (χ1) is 12.7. The molecule has 2 heterocycles. The van der Waals surface area contributed by atoms with Crippen molar-refractivity contribution < 1.29 is 5.11 Å². The van der Waals surface area contributed by atoms with Gasteiger partial charge in [-0.2, -0.15) is 10.2 Å². The van der Waals surface area contributed by atoms with Crippen LogP contribution in [0, 0.1) is 6.92 Å². The summed E-state index contributed by atoms with van der Waals surface area (Å²) in [6, 6.07) is 20.5. The van der Waals surface area contributed by atoms with E-state index in [4.69, 9.17) is 0 Å². The predicted octanol–water partition coefficient (Wildman–Crippen LogP) is 5.73. The molecule has 0 radical (unpaired) electrons. The van der Waals surface area contributed by atoms with E-state index in [1.165, 1.54) is 5.56 Å². The molecule has 4 aromatic rings. The maximum atomic E-state index is 10.2. The number of hydrogen-bond donors (Lipinski definition) is 1. The van der Waals surface area contributed by atoms with Crippen LogP contribution in [0.5, 0.6) is 5.75 Å². The van der Waals surface area contributed by atoms with Crippen LogP contribution in [0.2, 0.25) is 0 Å². The highest BCUT2D eigenvalue weighted by molar-refractivity contribution is 5.80. The number of azo groups is 1. The Morgan fingerprint density at radius 2 is 1.62 bits per heavy atom. The number of hydrogen-bond acceptors (Lipinski definition) is 5. The number of rotatable bonds is 3. The molecule has 0 fully saturated rings. The largest absolute Gasteiger partial charge is 0.507 e. The third-order valence-electron chi connectivity index (χ3n) is 4.03. The fourth-order valence-corrected chi connectivity index (χ4v) is 2.62. The fraction of sp³-hybridized carbons (Fsp3) is 0.0476. The molecule has 0 aliphatic carbocycles. The molecule has 0 unspecified atom stereocenters. The Kier molecular flexibility index (Phi) is 4.11. The lowest BCUT2D eigenvalue weighted by Crippen LogP contribution is -1.88. The minimum absolute atomic E-state index is 0.141. The summed E-state index contributed by atoms with van der Waals surface area (Å²) in [5, 5.41) is 19.7. The average molecular weight is 340 g/mol. The lowest BCUT2D eigenvalue weighted by molar-refractivity contribution is 0.477. The van der Waals surface area contributed by atoms with Gasteiger partial charge >= 0.3 is 0 Å². The number of aromatic nitrogens is 2. The minimum Gasteiger partial charge on any atom is -0.507 e. The Hall–Kier alpha value is -3.60. The first kappa shape index (κ1) is 15.9. The molecular weight excluding hydrogens is 324 g/mol. The third kappa shape index (κ3) is 3.28. The molecule has 1 N–H and O–H groups in total. The second kappa shape index (κ2) is 6.72. The highest BCUT2D eigenvalue weighted by Crippen LogP contribution is 2.33. The van der Waals surface area contributed by atoms with Crippen LogP contribution in [0.4, 0.5) is 11.4 Å². The second-order valence-electron chi connectivity index (χ2n) is 5.98. The third-order valence-corrected chi connectivity index (χ3v) is 4.03. The summed E-state index contributed by atoms with van der Waals surface area (Å²) in [5.74, 6) is 0.141. The Balaban J connectivity index is 1.70.